The maximum Gasteiger partial charge on any atom is 0.126 e. The van der Waals surface area contributed by atoms with E-state index < -0.39 is 0 Å². The van der Waals surface area contributed by atoms with Crippen molar-refractivity contribution < 1.29 is 9.47 Å². The summed E-state index contributed by atoms with van der Waals surface area (Å²) < 4.78 is 10.6. The number of alkyl halides is 1. The van der Waals surface area contributed by atoms with Gasteiger partial charge >= 0.3 is 0 Å². The van der Waals surface area contributed by atoms with Crippen LogP contribution in [0.25, 0.3) is 11.1 Å². The van der Waals surface area contributed by atoms with Gasteiger partial charge in [0.1, 0.15) is 11.5 Å². The molecule has 94 valence electrons. The first-order valence-electron chi connectivity index (χ1n) is 5.65. The zero-order chi connectivity index (χ0) is 13.0. The molecule has 0 aliphatic rings. The summed E-state index contributed by atoms with van der Waals surface area (Å²) in [5, 5.41) is 0. The van der Waals surface area contributed by atoms with Crippen LogP contribution in [-0.2, 0) is 5.88 Å². The van der Waals surface area contributed by atoms with E-state index in [0.29, 0.717) is 5.88 Å². The number of ether oxygens (including phenoxy) is 2. The van der Waals surface area contributed by atoms with Crippen molar-refractivity contribution in [2.75, 3.05) is 14.2 Å². The van der Waals surface area contributed by atoms with E-state index in [1.807, 2.05) is 42.5 Å². The van der Waals surface area contributed by atoms with Gasteiger partial charge in [-0.2, -0.15) is 0 Å². The molecule has 0 atom stereocenters. The largest absolute Gasteiger partial charge is 0.497 e. The van der Waals surface area contributed by atoms with E-state index >= 15 is 0 Å². The third-order valence-corrected chi connectivity index (χ3v) is 3.11. The minimum atomic E-state index is 0.487. The molecule has 2 aromatic carbocycles. The van der Waals surface area contributed by atoms with Crippen LogP contribution >= 0.6 is 11.6 Å². The Morgan fingerprint density at radius 3 is 2.50 bits per heavy atom. The summed E-state index contributed by atoms with van der Waals surface area (Å²) in [5.74, 6) is 2.14. The number of methoxy groups -OCH3 is 2. The summed E-state index contributed by atoms with van der Waals surface area (Å²) in [5.41, 5.74) is 3.14. The molecular formula is C15H15ClO2. The summed E-state index contributed by atoms with van der Waals surface area (Å²) in [4.78, 5) is 0. The highest BCUT2D eigenvalue weighted by Crippen LogP contribution is 2.33. The minimum Gasteiger partial charge on any atom is -0.497 e. The van der Waals surface area contributed by atoms with E-state index in [1.54, 1.807) is 14.2 Å². The topological polar surface area (TPSA) is 18.5 Å². The van der Waals surface area contributed by atoms with Gasteiger partial charge in [-0.25, -0.2) is 0 Å². The van der Waals surface area contributed by atoms with E-state index in [0.717, 1.165) is 28.2 Å². The lowest BCUT2D eigenvalue weighted by molar-refractivity contribution is 0.413. The first-order chi connectivity index (χ1) is 8.78. The molecule has 0 saturated heterocycles. The Kier molecular flexibility index (Phi) is 4.11. The molecule has 0 heterocycles. The van der Waals surface area contributed by atoms with Crippen LogP contribution < -0.4 is 9.47 Å². The fraction of sp³-hybridized carbons (Fsp3) is 0.200. The van der Waals surface area contributed by atoms with Crippen molar-refractivity contribution >= 4 is 11.6 Å². The first kappa shape index (κ1) is 12.8. The van der Waals surface area contributed by atoms with Gasteiger partial charge in [-0.05, 0) is 35.4 Å². The number of hydrogen-bond donors (Lipinski definition) is 0. The van der Waals surface area contributed by atoms with Crippen molar-refractivity contribution in [2.24, 2.45) is 0 Å². The minimum absolute atomic E-state index is 0.487. The Labute approximate surface area is 112 Å². The van der Waals surface area contributed by atoms with Crippen molar-refractivity contribution in [1.82, 2.24) is 0 Å². The molecule has 0 aromatic heterocycles. The van der Waals surface area contributed by atoms with Gasteiger partial charge in [0.25, 0.3) is 0 Å². The summed E-state index contributed by atoms with van der Waals surface area (Å²) in [6.07, 6.45) is 0. The molecular weight excluding hydrogens is 248 g/mol. The number of halogens is 1. The third-order valence-electron chi connectivity index (χ3n) is 2.80. The lowest BCUT2D eigenvalue weighted by Gasteiger charge is -2.11. The number of rotatable bonds is 4. The van der Waals surface area contributed by atoms with E-state index in [4.69, 9.17) is 21.1 Å². The van der Waals surface area contributed by atoms with Crippen LogP contribution in [0.2, 0.25) is 0 Å². The van der Waals surface area contributed by atoms with Gasteiger partial charge in [0, 0.05) is 11.4 Å². The van der Waals surface area contributed by atoms with Crippen molar-refractivity contribution in [2.45, 2.75) is 5.88 Å². The van der Waals surface area contributed by atoms with Crippen LogP contribution in [0.4, 0.5) is 0 Å². The summed E-state index contributed by atoms with van der Waals surface area (Å²) in [7, 11) is 3.32. The van der Waals surface area contributed by atoms with E-state index in [9.17, 15) is 0 Å². The molecule has 18 heavy (non-hydrogen) atoms. The van der Waals surface area contributed by atoms with Crippen LogP contribution in [0.1, 0.15) is 5.56 Å². The fourth-order valence-corrected chi connectivity index (χ4v) is 2.02. The second-order valence-corrected chi connectivity index (χ2v) is 4.17. The molecule has 0 saturated carbocycles. The molecule has 0 amide bonds. The zero-order valence-electron chi connectivity index (χ0n) is 10.4. The second kappa shape index (κ2) is 5.78. The van der Waals surface area contributed by atoms with E-state index in [2.05, 4.69) is 0 Å². The number of benzene rings is 2. The molecule has 0 aliphatic heterocycles. The molecule has 2 rings (SSSR count). The zero-order valence-corrected chi connectivity index (χ0v) is 11.2. The Morgan fingerprint density at radius 2 is 1.83 bits per heavy atom. The van der Waals surface area contributed by atoms with Crippen LogP contribution in [0.15, 0.2) is 42.5 Å². The lowest BCUT2D eigenvalue weighted by Crippen LogP contribution is -1.90. The predicted molar refractivity (Wildman–Crippen MR) is 74.5 cm³/mol. The van der Waals surface area contributed by atoms with Crippen LogP contribution in [-0.4, -0.2) is 14.2 Å². The molecule has 0 spiro atoms. The maximum atomic E-state index is 5.87. The van der Waals surface area contributed by atoms with Gasteiger partial charge in [0.15, 0.2) is 0 Å². The summed E-state index contributed by atoms with van der Waals surface area (Å²) >= 11 is 5.87. The molecule has 0 N–H and O–H groups in total. The van der Waals surface area contributed by atoms with Crippen molar-refractivity contribution in [3.05, 3.63) is 48.0 Å². The summed E-state index contributed by atoms with van der Waals surface area (Å²) in [6.45, 7) is 0. The Balaban J connectivity index is 2.53. The van der Waals surface area contributed by atoms with Gasteiger partial charge in [0.2, 0.25) is 0 Å². The van der Waals surface area contributed by atoms with Crippen molar-refractivity contribution in [1.29, 1.82) is 0 Å². The van der Waals surface area contributed by atoms with Crippen LogP contribution in [0.3, 0.4) is 0 Å². The van der Waals surface area contributed by atoms with E-state index in [-0.39, 0.29) is 0 Å². The van der Waals surface area contributed by atoms with Gasteiger partial charge < -0.3 is 9.47 Å². The second-order valence-electron chi connectivity index (χ2n) is 3.90. The molecule has 2 aromatic rings. The third kappa shape index (κ3) is 2.59. The lowest BCUT2D eigenvalue weighted by atomic mass is 10.0. The quantitative estimate of drug-likeness (QED) is 0.772. The van der Waals surface area contributed by atoms with Crippen molar-refractivity contribution in [3.8, 4) is 22.6 Å². The Morgan fingerprint density at radius 1 is 1.00 bits per heavy atom. The Hall–Kier alpha value is -1.67. The van der Waals surface area contributed by atoms with E-state index in [1.165, 1.54) is 0 Å². The molecule has 0 aliphatic carbocycles. The van der Waals surface area contributed by atoms with Gasteiger partial charge in [-0.1, -0.05) is 18.2 Å². The summed E-state index contributed by atoms with van der Waals surface area (Å²) in [6, 6.07) is 13.8. The molecule has 0 bridgehead atoms. The van der Waals surface area contributed by atoms with Gasteiger partial charge in [0.05, 0.1) is 14.2 Å². The highest BCUT2D eigenvalue weighted by molar-refractivity contribution is 6.17. The fourth-order valence-electron chi connectivity index (χ4n) is 1.85. The molecule has 3 heteroatoms. The monoisotopic (exact) mass is 262 g/mol. The highest BCUT2D eigenvalue weighted by Gasteiger charge is 2.07. The predicted octanol–water partition coefficient (Wildman–Crippen LogP) is 4.11. The molecule has 0 radical (unpaired) electrons. The standard InChI is InChI=1S/C15H15ClO2/c1-17-13-5-3-4-12(9-13)14-8-11(10-16)6-7-15(14)18-2/h3-9H,10H2,1-2H3. The Bertz CT molecular complexity index is 538. The number of hydrogen-bond acceptors (Lipinski definition) is 2. The average Bonchev–Trinajstić information content (AvgIpc) is 2.46. The molecule has 2 nitrogen and oxygen atoms in total. The smallest absolute Gasteiger partial charge is 0.126 e. The SMILES string of the molecule is COc1cccc(-c2cc(CCl)ccc2OC)c1. The highest BCUT2D eigenvalue weighted by atomic mass is 35.5. The van der Waals surface area contributed by atoms with Gasteiger partial charge in [-0.15, -0.1) is 11.6 Å². The van der Waals surface area contributed by atoms with Gasteiger partial charge in [-0.3, -0.25) is 0 Å². The molecule has 0 fully saturated rings. The van der Waals surface area contributed by atoms with Crippen LogP contribution in [0.5, 0.6) is 11.5 Å². The average molecular weight is 263 g/mol. The maximum absolute atomic E-state index is 5.87. The first-order valence-corrected chi connectivity index (χ1v) is 6.19. The normalized spacial score (nSPS) is 10.2. The van der Waals surface area contributed by atoms with Crippen molar-refractivity contribution in [3.63, 3.8) is 0 Å². The van der Waals surface area contributed by atoms with Crippen LogP contribution in [0, 0.1) is 0 Å². The molecule has 0 unspecified atom stereocenters.